The molecule has 1 fully saturated rings. The Morgan fingerprint density at radius 1 is 1.07 bits per heavy atom. The van der Waals surface area contributed by atoms with Gasteiger partial charge >= 0.3 is 11.4 Å². The van der Waals surface area contributed by atoms with Gasteiger partial charge in [0.05, 0.1) is 28.7 Å². The molecule has 0 bridgehead atoms. The molecule has 1 amide bonds. The van der Waals surface area contributed by atoms with Crippen LogP contribution in [0, 0.1) is 20.2 Å². The van der Waals surface area contributed by atoms with Gasteiger partial charge in [0.15, 0.2) is 0 Å². The highest BCUT2D eigenvalue weighted by Gasteiger charge is 2.44. The molecule has 0 unspecified atom stereocenters. The third kappa shape index (κ3) is 4.08. The van der Waals surface area contributed by atoms with Gasteiger partial charge in [-0.25, -0.2) is 0 Å². The summed E-state index contributed by atoms with van der Waals surface area (Å²) in [6.07, 6.45) is 0.0687. The predicted octanol–water partition coefficient (Wildman–Crippen LogP) is 2.79. The average molecular weight is 414 g/mol. The number of ether oxygens (including phenoxy) is 1. The Kier molecular flexibility index (Phi) is 5.70. The zero-order chi connectivity index (χ0) is 22.1. The van der Waals surface area contributed by atoms with Crippen LogP contribution in [0.1, 0.15) is 25.0 Å². The Bertz CT molecular complexity index is 957. The van der Waals surface area contributed by atoms with Crippen molar-refractivity contribution in [2.24, 2.45) is 0 Å². The van der Waals surface area contributed by atoms with Crippen molar-refractivity contribution in [3.8, 4) is 5.75 Å². The summed E-state index contributed by atoms with van der Waals surface area (Å²) in [5.41, 5.74) is -0.392. The fourth-order valence-electron chi connectivity index (χ4n) is 3.70. The lowest BCUT2D eigenvalue weighted by atomic mass is 10.0. The first-order valence-corrected chi connectivity index (χ1v) is 9.27. The molecule has 10 heteroatoms. The number of carbonyl (C=O) groups is 1. The summed E-state index contributed by atoms with van der Waals surface area (Å²) in [4.78, 5) is 36.1. The van der Waals surface area contributed by atoms with E-state index in [0.717, 1.165) is 12.7 Å². The van der Waals surface area contributed by atoms with Gasteiger partial charge in [0, 0.05) is 18.7 Å². The fourth-order valence-corrected chi connectivity index (χ4v) is 3.70. The van der Waals surface area contributed by atoms with E-state index in [2.05, 4.69) is 5.32 Å². The van der Waals surface area contributed by atoms with Gasteiger partial charge in [-0.15, -0.1) is 0 Å². The zero-order valence-electron chi connectivity index (χ0n) is 16.8. The third-order valence-electron chi connectivity index (χ3n) is 5.10. The molecule has 1 atom stereocenters. The molecule has 1 heterocycles. The largest absolute Gasteiger partial charge is 0.485 e. The number of carbonyl (C=O) groups excluding carboxylic acids is 1. The smallest absolute Gasteiger partial charge is 0.318 e. The Balaban J connectivity index is 1.90. The van der Waals surface area contributed by atoms with E-state index in [9.17, 15) is 25.0 Å². The SMILES string of the molecule is COc1c([N+](=O)[O-])cc(C[C@@H]2NC(C)(C)N(Cc3ccccc3)C2=O)cc1[N+](=O)[O-]. The number of methoxy groups -OCH3 is 1. The average Bonchev–Trinajstić information content (AvgIpc) is 2.90. The van der Waals surface area contributed by atoms with Crippen molar-refractivity contribution < 1.29 is 19.4 Å². The second-order valence-corrected chi connectivity index (χ2v) is 7.55. The fraction of sp³-hybridized carbons (Fsp3) is 0.350. The zero-order valence-corrected chi connectivity index (χ0v) is 16.8. The van der Waals surface area contributed by atoms with Crippen LogP contribution in [0.2, 0.25) is 0 Å². The first-order valence-electron chi connectivity index (χ1n) is 9.27. The number of amides is 1. The minimum Gasteiger partial charge on any atom is -0.485 e. The van der Waals surface area contributed by atoms with E-state index in [1.54, 1.807) is 4.90 Å². The van der Waals surface area contributed by atoms with Crippen LogP contribution >= 0.6 is 0 Å². The highest BCUT2D eigenvalue weighted by Crippen LogP contribution is 2.38. The maximum atomic E-state index is 13.1. The topological polar surface area (TPSA) is 128 Å². The number of nitrogens with zero attached hydrogens (tertiary/aromatic N) is 3. The van der Waals surface area contributed by atoms with Crippen molar-refractivity contribution in [2.75, 3.05) is 7.11 Å². The summed E-state index contributed by atoms with van der Waals surface area (Å²) in [6.45, 7) is 4.14. The third-order valence-corrected chi connectivity index (χ3v) is 5.10. The van der Waals surface area contributed by atoms with Crippen molar-refractivity contribution in [2.45, 2.75) is 38.5 Å². The molecule has 0 aliphatic carbocycles. The molecule has 0 radical (unpaired) electrons. The highest BCUT2D eigenvalue weighted by atomic mass is 16.6. The molecule has 1 saturated heterocycles. The van der Waals surface area contributed by atoms with E-state index in [0.29, 0.717) is 12.1 Å². The number of nitro benzene ring substituents is 2. The molecular weight excluding hydrogens is 392 g/mol. The van der Waals surface area contributed by atoms with Crippen LogP contribution in [0.15, 0.2) is 42.5 Å². The van der Waals surface area contributed by atoms with Gasteiger partial charge in [-0.3, -0.25) is 30.3 Å². The normalized spacial score (nSPS) is 17.8. The monoisotopic (exact) mass is 414 g/mol. The molecule has 30 heavy (non-hydrogen) atoms. The lowest BCUT2D eigenvalue weighted by Gasteiger charge is -2.31. The Morgan fingerprint density at radius 3 is 2.13 bits per heavy atom. The Labute approximate surface area is 172 Å². The van der Waals surface area contributed by atoms with Crippen LogP contribution < -0.4 is 10.1 Å². The first-order chi connectivity index (χ1) is 14.1. The van der Waals surface area contributed by atoms with E-state index in [-0.39, 0.29) is 12.3 Å². The number of hydrogen-bond acceptors (Lipinski definition) is 7. The molecule has 158 valence electrons. The van der Waals surface area contributed by atoms with Gasteiger partial charge in [0.2, 0.25) is 5.91 Å². The standard InChI is InChI=1S/C20H22N4O6/c1-20(2)21-15(19(25)22(20)12-13-7-5-4-6-8-13)9-14-10-16(23(26)27)18(30-3)17(11-14)24(28)29/h4-8,10-11,15,21H,9,12H2,1-3H3/t15-/m0/s1. The molecule has 10 nitrogen and oxygen atoms in total. The van der Waals surface area contributed by atoms with Crippen molar-refractivity contribution >= 4 is 17.3 Å². The maximum absolute atomic E-state index is 13.1. The number of benzene rings is 2. The molecule has 1 N–H and O–H groups in total. The molecule has 2 aromatic carbocycles. The molecule has 1 aliphatic heterocycles. The van der Waals surface area contributed by atoms with Crippen LogP contribution in [0.3, 0.4) is 0 Å². The minimum absolute atomic E-state index is 0.0687. The molecule has 2 aromatic rings. The summed E-state index contributed by atoms with van der Waals surface area (Å²) in [5, 5.41) is 26.0. The van der Waals surface area contributed by atoms with Crippen molar-refractivity contribution in [1.29, 1.82) is 0 Å². The Morgan fingerprint density at radius 2 is 1.63 bits per heavy atom. The molecule has 0 aromatic heterocycles. The number of nitro groups is 2. The van der Waals surface area contributed by atoms with E-state index in [1.807, 2.05) is 44.2 Å². The molecule has 1 aliphatic rings. The summed E-state index contributed by atoms with van der Waals surface area (Å²) in [6, 6.07) is 11.3. The first kappa shape index (κ1) is 21.2. The van der Waals surface area contributed by atoms with E-state index in [4.69, 9.17) is 4.74 Å². The number of rotatable bonds is 7. The van der Waals surface area contributed by atoms with Gasteiger partial charge in [0.1, 0.15) is 0 Å². The molecule has 0 saturated carbocycles. The summed E-state index contributed by atoms with van der Waals surface area (Å²) in [5.74, 6) is -0.588. The molecule has 3 rings (SSSR count). The predicted molar refractivity (Wildman–Crippen MR) is 108 cm³/mol. The van der Waals surface area contributed by atoms with Gasteiger partial charge in [-0.1, -0.05) is 30.3 Å². The molecular formula is C20H22N4O6. The van der Waals surface area contributed by atoms with Crippen molar-refractivity contribution in [1.82, 2.24) is 10.2 Å². The maximum Gasteiger partial charge on any atom is 0.318 e. The lowest BCUT2D eigenvalue weighted by Crippen LogP contribution is -2.46. The van der Waals surface area contributed by atoms with Crippen LogP contribution in [0.5, 0.6) is 5.75 Å². The minimum atomic E-state index is -0.731. The van der Waals surface area contributed by atoms with Gasteiger partial charge in [0.25, 0.3) is 5.75 Å². The lowest BCUT2D eigenvalue weighted by molar-refractivity contribution is -0.395. The van der Waals surface area contributed by atoms with Crippen LogP contribution in [0.4, 0.5) is 11.4 Å². The van der Waals surface area contributed by atoms with Gasteiger partial charge in [-0.05, 0) is 31.4 Å². The molecule has 0 spiro atoms. The summed E-state index contributed by atoms with van der Waals surface area (Å²) in [7, 11) is 1.14. The summed E-state index contributed by atoms with van der Waals surface area (Å²) < 4.78 is 4.89. The van der Waals surface area contributed by atoms with Crippen molar-refractivity contribution in [3.05, 3.63) is 73.8 Å². The second kappa shape index (κ2) is 8.07. The quantitative estimate of drug-likeness (QED) is 0.545. The Hall–Kier alpha value is -3.53. The summed E-state index contributed by atoms with van der Waals surface area (Å²) >= 11 is 0. The van der Waals surface area contributed by atoms with Crippen LogP contribution in [0.25, 0.3) is 0 Å². The van der Waals surface area contributed by atoms with Crippen LogP contribution in [-0.4, -0.2) is 39.5 Å². The van der Waals surface area contributed by atoms with E-state index >= 15 is 0 Å². The van der Waals surface area contributed by atoms with Gasteiger partial charge < -0.3 is 9.64 Å². The number of nitrogens with one attached hydrogen (secondary N) is 1. The number of hydrogen-bond donors (Lipinski definition) is 1. The highest BCUT2D eigenvalue weighted by molar-refractivity contribution is 5.85. The second-order valence-electron chi connectivity index (χ2n) is 7.55. The van der Waals surface area contributed by atoms with E-state index in [1.165, 1.54) is 12.1 Å². The van der Waals surface area contributed by atoms with Crippen molar-refractivity contribution in [3.63, 3.8) is 0 Å². The van der Waals surface area contributed by atoms with E-state index < -0.39 is 38.7 Å². The van der Waals surface area contributed by atoms with Gasteiger partial charge in [-0.2, -0.15) is 0 Å². The van der Waals surface area contributed by atoms with Crippen LogP contribution in [-0.2, 0) is 17.8 Å².